The number of piperazine rings is 1. The molecule has 3 heteroatoms. The molecule has 2 aliphatic rings. The average Bonchev–Trinajstić information content (AvgIpc) is 2.62. The summed E-state index contributed by atoms with van der Waals surface area (Å²) in [4.78, 5) is 9.58. The van der Waals surface area contributed by atoms with Crippen LogP contribution in [0, 0.1) is 0 Å². The van der Waals surface area contributed by atoms with E-state index in [2.05, 4.69) is 51.2 Å². The average molecular weight is 293 g/mol. The summed E-state index contributed by atoms with van der Waals surface area (Å²) in [5, 5.41) is 0. The van der Waals surface area contributed by atoms with Gasteiger partial charge in [0.25, 0.3) is 0 Å². The molecular weight excluding hydrogens is 270 g/mol. The van der Waals surface area contributed by atoms with E-state index < -0.39 is 0 Å². The van der Waals surface area contributed by atoms with Crippen molar-refractivity contribution in [2.24, 2.45) is 0 Å². The Hall–Kier alpha value is -1.87. The van der Waals surface area contributed by atoms with Gasteiger partial charge in [-0.3, -0.25) is 4.90 Å². The first kappa shape index (κ1) is 13.8. The van der Waals surface area contributed by atoms with E-state index in [1.165, 1.54) is 19.3 Å². The number of rotatable bonds is 2. The third-order valence-electron chi connectivity index (χ3n) is 5.12. The fraction of sp³-hybridized carbons (Fsp3) is 0.421. The van der Waals surface area contributed by atoms with Crippen molar-refractivity contribution >= 4 is 5.82 Å². The number of hydrogen-bond donors (Lipinski definition) is 0. The second kappa shape index (κ2) is 6.09. The van der Waals surface area contributed by atoms with Crippen LogP contribution in [0.4, 0.5) is 5.82 Å². The van der Waals surface area contributed by atoms with Gasteiger partial charge in [0.05, 0.1) is 0 Å². The van der Waals surface area contributed by atoms with Gasteiger partial charge < -0.3 is 4.90 Å². The number of aryl methyl sites for hydroxylation is 1. The van der Waals surface area contributed by atoms with Crippen LogP contribution in [0.1, 0.15) is 17.5 Å². The Morgan fingerprint density at radius 2 is 1.64 bits per heavy atom. The van der Waals surface area contributed by atoms with Gasteiger partial charge in [-0.2, -0.15) is 0 Å². The van der Waals surface area contributed by atoms with E-state index in [0.717, 1.165) is 38.0 Å². The highest BCUT2D eigenvalue weighted by Crippen LogP contribution is 2.25. The van der Waals surface area contributed by atoms with Crippen LogP contribution in [0.5, 0.6) is 0 Å². The lowest BCUT2D eigenvalue weighted by Gasteiger charge is -2.41. The van der Waals surface area contributed by atoms with E-state index in [1.54, 1.807) is 11.1 Å². The highest BCUT2D eigenvalue weighted by molar-refractivity contribution is 5.38. The van der Waals surface area contributed by atoms with E-state index in [9.17, 15) is 0 Å². The molecule has 1 unspecified atom stereocenters. The smallest absolute Gasteiger partial charge is 0.128 e. The van der Waals surface area contributed by atoms with Crippen molar-refractivity contribution < 1.29 is 0 Å². The SMILES string of the molecule is c1ccc(N2CCN(C3CCc4ccccc4C3)CC2)nc1. The highest BCUT2D eigenvalue weighted by atomic mass is 15.3. The molecule has 2 aromatic rings. The highest BCUT2D eigenvalue weighted by Gasteiger charge is 2.27. The fourth-order valence-electron chi connectivity index (χ4n) is 3.85. The van der Waals surface area contributed by atoms with Crippen LogP contribution in [0.2, 0.25) is 0 Å². The lowest BCUT2D eigenvalue weighted by atomic mass is 9.87. The molecule has 0 spiro atoms. The van der Waals surface area contributed by atoms with E-state index in [4.69, 9.17) is 0 Å². The summed E-state index contributed by atoms with van der Waals surface area (Å²) in [5.41, 5.74) is 3.12. The third kappa shape index (κ3) is 2.73. The molecule has 1 saturated heterocycles. The number of anilines is 1. The normalized spacial score (nSPS) is 22.4. The number of hydrogen-bond acceptors (Lipinski definition) is 3. The summed E-state index contributed by atoms with van der Waals surface area (Å²) in [6.45, 7) is 4.50. The molecule has 22 heavy (non-hydrogen) atoms. The van der Waals surface area contributed by atoms with Gasteiger partial charge in [0.2, 0.25) is 0 Å². The van der Waals surface area contributed by atoms with Gasteiger partial charge in [-0.05, 0) is 42.5 Å². The summed E-state index contributed by atoms with van der Waals surface area (Å²) >= 11 is 0. The quantitative estimate of drug-likeness (QED) is 0.849. The zero-order valence-corrected chi connectivity index (χ0v) is 13.0. The molecule has 4 rings (SSSR count). The second-order valence-corrected chi connectivity index (χ2v) is 6.38. The summed E-state index contributed by atoms with van der Waals surface area (Å²) in [7, 11) is 0. The third-order valence-corrected chi connectivity index (χ3v) is 5.12. The summed E-state index contributed by atoms with van der Waals surface area (Å²) in [6, 6.07) is 15.9. The molecule has 0 bridgehead atoms. The Balaban J connectivity index is 1.38. The van der Waals surface area contributed by atoms with Crippen LogP contribution in [-0.2, 0) is 12.8 Å². The number of aromatic nitrogens is 1. The molecule has 1 aliphatic heterocycles. The van der Waals surface area contributed by atoms with Crippen LogP contribution < -0.4 is 4.90 Å². The molecule has 1 aromatic heterocycles. The first-order chi connectivity index (χ1) is 10.9. The summed E-state index contributed by atoms with van der Waals surface area (Å²) in [6.07, 6.45) is 5.65. The predicted octanol–water partition coefficient (Wildman–Crippen LogP) is 2.76. The summed E-state index contributed by atoms with van der Waals surface area (Å²) < 4.78 is 0. The summed E-state index contributed by atoms with van der Waals surface area (Å²) in [5.74, 6) is 1.12. The number of benzene rings is 1. The van der Waals surface area contributed by atoms with Crippen LogP contribution in [0.15, 0.2) is 48.7 Å². The van der Waals surface area contributed by atoms with Gasteiger partial charge in [-0.1, -0.05) is 30.3 Å². The number of nitrogens with zero attached hydrogens (tertiary/aromatic N) is 3. The number of fused-ring (bicyclic) bond motifs is 1. The van der Waals surface area contributed by atoms with Gasteiger partial charge >= 0.3 is 0 Å². The van der Waals surface area contributed by atoms with E-state index >= 15 is 0 Å². The largest absolute Gasteiger partial charge is 0.354 e. The zero-order valence-electron chi connectivity index (χ0n) is 13.0. The Labute approximate surface area is 132 Å². The van der Waals surface area contributed by atoms with E-state index in [-0.39, 0.29) is 0 Å². The molecule has 114 valence electrons. The minimum atomic E-state index is 0.723. The van der Waals surface area contributed by atoms with Gasteiger partial charge in [0.15, 0.2) is 0 Å². The first-order valence-electron chi connectivity index (χ1n) is 8.37. The van der Waals surface area contributed by atoms with E-state index in [1.807, 2.05) is 12.3 Å². The monoisotopic (exact) mass is 293 g/mol. The standard InChI is InChI=1S/C19H23N3/c1-2-6-17-15-18(9-8-16(17)5-1)21-11-13-22(14-12-21)19-7-3-4-10-20-19/h1-7,10,18H,8-9,11-15H2. The van der Waals surface area contributed by atoms with Crippen LogP contribution >= 0.6 is 0 Å². The van der Waals surface area contributed by atoms with Crippen molar-refractivity contribution in [3.05, 3.63) is 59.8 Å². The molecule has 1 atom stereocenters. The molecule has 1 fully saturated rings. The molecule has 0 N–H and O–H groups in total. The molecule has 0 radical (unpaired) electrons. The predicted molar refractivity (Wildman–Crippen MR) is 90.3 cm³/mol. The molecule has 2 heterocycles. The van der Waals surface area contributed by atoms with Crippen molar-refractivity contribution in [1.82, 2.24) is 9.88 Å². The Morgan fingerprint density at radius 1 is 0.864 bits per heavy atom. The Kier molecular flexibility index (Phi) is 3.81. The van der Waals surface area contributed by atoms with Gasteiger partial charge in [-0.15, -0.1) is 0 Å². The Morgan fingerprint density at radius 3 is 2.41 bits per heavy atom. The van der Waals surface area contributed by atoms with Gasteiger partial charge in [0, 0.05) is 38.4 Å². The maximum absolute atomic E-state index is 4.48. The molecule has 1 aromatic carbocycles. The Bertz CT molecular complexity index is 618. The first-order valence-corrected chi connectivity index (χ1v) is 8.37. The van der Waals surface area contributed by atoms with Gasteiger partial charge in [0.1, 0.15) is 5.82 Å². The second-order valence-electron chi connectivity index (χ2n) is 6.38. The molecular formula is C19H23N3. The maximum atomic E-state index is 4.48. The fourth-order valence-corrected chi connectivity index (χ4v) is 3.85. The minimum Gasteiger partial charge on any atom is -0.354 e. The van der Waals surface area contributed by atoms with Crippen molar-refractivity contribution in [2.45, 2.75) is 25.3 Å². The van der Waals surface area contributed by atoms with Crippen LogP contribution in [0.3, 0.4) is 0 Å². The van der Waals surface area contributed by atoms with Crippen molar-refractivity contribution in [3.8, 4) is 0 Å². The topological polar surface area (TPSA) is 19.4 Å². The minimum absolute atomic E-state index is 0.723. The van der Waals surface area contributed by atoms with Crippen molar-refractivity contribution in [1.29, 1.82) is 0 Å². The van der Waals surface area contributed by atoms with E-state index in [0.29, 0.717) is 0 Å². The molecule has 3 nitrogen and oxygen atoms in total. The molecule has 0 amide bonds. The van der Waals surface area contributed by atoms with Crippen LogP contribution in [0.25, 0.3) is 0 Å². The maximum Gasteiger partial charge on any atom is 0.128 e. The lowest BCUT2D eigenvalue weighted by Crippen LogP contribution is -2.52. The van der Waals surface area contributed by atoms with Gasteiger partial charge in [-0.25, -0.2) is 4.98 Å². The number of pyridine rings is 1. The lowest BCUT2D eigenvalue weighted by molar-refractivity contribution is 0.169. The van der Waals surface area contributed by atoms with Crippen molar-refractivity contribution in [3.63, 3.8) is 0 Å². The van der Waals surface area contributed by atoms with Crippen LogP contribution in [-0.4, -0.2) is 42.1 Å². The zero-order chi connectivity index (χ0) is 14.8. The van der Waals surface area contributed by atoms with Crippen molar-refractivity contribution in [2.75, 3.05) is 31.1 Å². The molecule has 1 aliphatic carbocycles. The molecule has 0 saturated carbocycles.